The molecule has 2 rings (SSSR count). The molecule has 21 heavy (non-hydrogen) atoms. The minimum absolute atomic E-state index is 0.0251. The van der Waals surface area contributed by atoms with Crippen molar-refractivity contribution < 1.29 is 13.2 Å². The average Bonchev–Trinajstić information content (AvgIpc) is 2.92. The molecular formula is C14H17Cl2NO3S. The first-order valence-electron chi connectivity index (χ1n) is 6.90. The molecule has 0 N–H and O–H groups in total. The maximum absolute atomic E-state index is 12.8. The summed E-state index contributed by atoms with van der Waals surface area (Å²) in [6, 6.07) is 4.43. The standard InChI is InChI=1S/C14H17Cl2NO3S/c1-2-17(10-6-3-4-7-10)14(18)13-11(15)8-5-9-12(13)21(16,19)20/h5,8-10H,2-4,6-7H2,1H3. The molecule has 1 amide bonds. The van der Waals surface area contributed by atoms with Crippen molar-refractivity contribution in [2.24, 2.45) is 0 Å². The molecule has 0 heterocycles. The highest BCUT2D eigenvalue weighted by Gasteiger charge is 2.31. The fourth-order valence-electron chi connectivity index (χ4n) is 2.84. The molecule has 0 unspecified atom stereocenters. The van der Waals surface area contributed by atoms with E-state index in [1.165, 1.54) is 18.2 Å². The van der Waals surface area contributed by atoms with Crippen molar-refractivity contribution >= 4 is 37.2 Å². The van der Waals surface area contributed by atoms with Gasteiger partial charge in [0.05, 0.1) is 15.5 Å². The predicted molar refractivity (Wildman–Crippen MR) is 83.5 cm³/mol. The zero-order chi connectivity index (χ0) is 15.6. The number of benzene rings is 1. The third kappa shape index (κ3) is 3.52. The fraction of sp³-hybridized carbons (Fsp3) is 0.500. The van der Waals surface area contributed by atoms with Gasteiger partial charge in [-0.25, -0.2) is 8.42 Å². The molecule has 4 nitrogen and oxygen atoms in total. The van der Waals surface area contributed by atoms with Crippen LogP contribution in [-0.2, 0) is 9.05 Å². The number of carbonyl (C=O) groups is 1. The first-order chi connectivity index (χ1) is 9.86. The second-order valence-electron chi connectivity index (χ2n) is 5.08. The zero-order valence-corrected chi connectivity index (χ0v) is 14.0. The van der Waals surface area contributed by atoms with Crippen molar-refractivity contribution in [3.05, 3.63) is 28.8 Å². The van der Waals surface area contributed by atoms with Gasteiger partial charge >= 0.3 is 0 Å². The molecule has 1 fully saturated rings. The van der Waals surface area contributed by atoms with Crippen molar-refractivity contribution in [1.29, 1.82) is 0 Å². The third-order valence-corrected chi connectivity index (χ3v) is 5.50. The summed E-state index contributed by atoms with van der Waals surface area (Å²) in [5, 5.41) is 0.109. The molecule has 0 aromatic heterocycles. The van der Waals surface area contributed by atoms with Crippen molar-refractivity contribution in [3.63, 3.8) is 0 Å². The number of amides is 1. The minimum Gasteiger partial charge on any atom is -0.336 e. The second-order valence-corrected chi connectivity index (χ2v) is 8.02. The van der Waals surface area contributed by atoms with Crippen LogP contribution < -0.4 is 0 Å². The maximum atomic E-state index is 12.8. The SMILES string of the molecule is CCN(C(=O)c1c(Cl)cccc1S(=O)(=O)Cl)C1CCCC1. The van der Waals surface area contributed by atoms with E-state index < -0.39 is 9.05 Å². The van der Waals surface area contributed by atoms with E-state index in [0.717, 1.165) is 25.7 Å². The van der Waals surface area contributed by atoms with Crippen LogP contribution in [0, 0.1) is 0 Å². The highest BCUT2D eigenvalue weighted by molar-refractivity contribution is 8.13. The van der Waals surface area contributed by atoms with E-state index in [1.807, 2.05) is 6.92 Å². The zero-order valence-electron chi connectivity index (χ0n) is 11.7. The van der Waals surface area contributed by atoms with Gasteiger partial charge in [-0.05, 0) is 31.9 Å². The van der Waals surface area contributed by atoms with E-state index in [4.69, 9.17) is 22.3 Å². The Hall–Kier alpha value is -0.780. The first-order valence-corrected chi connectivity index (χ1v) is 9.59. The van der Waals surface area contributed by atoms with Crippen molar-refractivity contribution in [2.45, 2.75) is 43.5 Å². The van der Waals surface area contributed by atoms with Gasteiger partial charge < -0.3 is 4.90 Å². The normalized spacial score (nSPS) is 16.1. The van der Waals surface area contributed by atoms with Crippen molar-refractivity contribution in [1.82, 2.24) is 4.90 Å². The highest BCUT2D eigenvalue weighted by Crippen LogP contribution is 2.31. The lowest BCUT2D eigenvalue weighted by molar-refractivity contribution is 0.0690. The third-order valence-electron chi connectivity index (χ3n) is 3.82. The van der Waals surface area contributed by atoms with Gasteiger partial charge in [0, 0.05) is 23.3 Å². The Kier molecular flexibility index (Phi) is 5.17. The monoisotopic (exact) mass is 349 g/mol. The Morgan fingerprint density at radius 1 is 1.33 bits per heavy atom. The molecule has 116 valence electrons. The first kappa shape index (κ1) is 16.6. The van der Waals surface area contributed by atoms with Gasteiger partial charge in [-0.1, -0.05) is 30.5 Å². The number of hydrogen-bond acceptors (Lipinski definition) is 3. The summed E-state index contributed by atoms with van der Waals surface area (Å²) in [6.45, 7) is 2.39. The van der Waals surface area contributed by atoms with Crippen molar-refractivity contribution in [3.8, 4) is 0 Å². The van der Waals surface area contributed by atoms with Crippen LogP contribution in [-0.4, -0.2) is 31.8 Å². The molecule has 0 aliphatic heterocycles. The molecule has 1 aliphatic carbocycles. The van der Waals surface area contributed by atoms with Gasteiger partial charge in [-0.15, -0.1) is 0 Å². The summed E-state index contributed by atoms with van der Waals surface area (Å²) >= 11 is 6.07. The quantitative estimate of drug-likeness (QED) is 0.779. The van der Waals surface area contributed by atoms with Gasteiger partial charge in [0.1, 0.15) is 0 Å². The largest absolute Gasteiger partial charge is 0.336 e. The molecule has 1 aromatic rings. The number of nitrogens with zero attached hydrogens (tertiary/aromatic N) is 1. The van der Waals surface area contributed by atoms with E-state index in [2.05, 4.69) is 0 Å². The van der Waals surface area contributed by atoms with Gasteiger partial charge in [-0.3, -0.25) is 4.79 Å². The molecule has 1 aromatic carbocycles. The molecule has 1 saturated carbocycles. The summed E-state index contributed by atoms with van der Waals surface area (Å²) in [4.78, 5) is 14.2. The minimum atomic E-state index is -4.03. The maximum Gasteiger partial charge on any atom is 0.262 e. The Morgan fingerprint density at radius 2 is 1.95 bits per heavy atom. The molecule has 7 heteroatoms. The molecule has 0 atom stereocenters. The Labute approximate surface area is 134 Å². The number of rotatable bonds is 4. The fourth-order valence-corrected chi connectivity index (χ4v) is 4.22. The topological polar surface area (TPSA) is 54.5 Å². The van der Waals surface area contributed by atoms with Gasteiger partial charge in [0.25, 0.3) is 15.0 Å². The Morgan fingerprint density at radius 3 is 2.48 bits per heavy atom. The lowest BCUT2D eigenvalue weighted by Gasteiger charge is -2.28. The van der Waals surface area contributed by atoms with E-state index in [0.29, 0.717) is 6.54 Å². The van der Waals surface area contributed by atoms with E-state index >= 15 is 0 Å². The summed E-state index contributed by atoms with van der Waals surface area (Å²) < 4.78 is 23.4. The number of halogens is 2. The van der Waals surface area contributed by atoms with E-state index in [9.17, 15) is 13.2 Å². The van der Waals surface area contributed by atoms with Crippen LogP contribution in [0.4, 0.5) is 0 Å². The molecule has 0 bridgehead atoms. The van der Waals surface area contributed by atoms with E-state index in [1.54, 1.807) is 4.90 Å². The molecule has 0 spiro atoms. The van der Waals surface area contributed by atoms with E-state index in [-0.39, 0.29) is 27.4 Å². The van der Waals surface area contributed by atoms with Gasteiger partial charge in [-0.2, -0.15) is 0 Å². The van der Waals surface area contributed by atoms with Crippen LogP contribution in [0.5, 0.6) is 0 Å². The Balaban J connectivity index is 2.47. The molecule has 0 saturated heterocycles. The average molecular weight is 350 g/mol. The van der Waals surface area contributed by atoms with Crippen LogP contribution in [0.1, 0.15) is 43.0 Å². The lowest BCUT2D eigenvalue weighted by atomic mass is 10.1. The summed E-state index contributed by atoms with van der Waals surface area (Å²) in [6.07, 6.45) is 4.04. The molecule has 1 aliphatic rings. The van der Waals surface area contributed by atoms with Crippen LogP contribution in [0.2, 0.25) is 5.02 Å². The summed E-state index contributed by atoms with van der Waals surface area (Å²) in [7, 11) is 1.40. The Bertz CT molecular complexity index is 640. The molecular weight excluding hydrogens is 333 g/mol. The van der Waals surface area contributed by atoms with Crippen LogP contribution in [0.3, 0.4) is 0 Å². The van der Waals surface area contributed by atoms with Crippen LogP contribution in [0.25, 0.3) is 0 Å². The molecule has 0 radical (unpaired) electrons. The predicted octanol–water partition coefficient (Wildman–Crippen LogP) is 3.67. The van der Waals surface area contributed by atoms with Crippen LogP contribution >= 0.6 is 22.3 Å². The lowest BCUT2D eigenvalue weighted by Crippen LogP contribution is -2.39. The van der Waals surface area contributed by atoms with Crippen molar-refractivity contribution in [2.75, 3.05) is 6.54 Å². The number of hydrogen-bond donors (Lipinski definition) is 0. The van der Waals surface area contributed by atoms with Gasteiger partial charge in [0.2, 0.25) is 0 Å². The highest BCUT2D eigenvalue weighted by atomic mass is 35.7. The summed E-state index contributed by atoms with van der Waals surface area (Å²) in [5.74, 6) is -0.366. The van der Waals surface area contributed by atoms with Crippen LogP contribution in [0.15, 0.2) is 23.1 Å². The second kappa shape index (κ2) is 6.55. The summed E-state index contributed by atoms with van der Waals surface area (Å²) in [5.41, 5.74) is -0.0251. The smallest absolute Gasteiger partial charge is 0.262 e. The van der Waals surface area contributed by atoms with Gasteiger partial charge in [0.15, 0.2) is 0 Å². The number of carbonyl (C=O) groups excluding carboxylic acids is 1.